The highest BCUT2D eigenvalue weighted by Crippen LogP contribution is 2.30. The van der Waals surface area contributed by atoms with Gasteiger partial charge in [0.05, 0.1) is 21.6 Å². The van der Waals surface area contributed by atoms with Gasteiger partial charge in [-0.05, 0) is 83.0 Å². The second-order valence-electron chi connectivity index (χ2n) is 7.90. The molecular weight excluding hydrogens is 594 g/mol. The van der Waals surface area contributed by atoms with E-state index in [9.17, 15) is 9.59 Å². The molecule has 2 aromatic heterocycles. The fraction of sp³-hybridized carbons (Fsp3) is 0.0769. The minimum atomic E-state index is -1.07. The van der Waals surface area contributed by atoms with E-state index in [2.05, 4.69) is 41.9 Å². The first-order valence-corrected chi connectivity index (χ1v) is 12.3. The maximum Gasteiger partial charge on any atom is 0.344 e. The van der Waals surface area contributed by atoms with Crippen LogP contribution < -0.4 is 10.3 Å². The number of nitrogens with zero attached hydrogens (tertiary/aromatic N) is 3. The molecule has 5 aromatic rings. The summed E-state index contributed by atoms with van der Waals surface area (Å²) in [5, 5.41) is 14.8. The number of hydrogen-bond acceptors (Lipinski definition) is 6. The molecular formula is C26H17Br2N3O5. The highest BCUT2D eigenvalue weighted by atomic mass is 79.9. The molecule has 0 saturated heterocycles. The summed E-state index contributed by atoms with van der Waals surface area (Å²) in [5.74, 6) is -0.0332. The summed E-state index contributed by atoms with van der Waals surface area (Å²) in [6, 6.07) is 19.5. The first-order valence-electron chi connectivity index (χ1n) is 10.7. The zero-order valence-corrected chi connectivity index (χ0v) is 21.9. The average molecular weight is 611 g/mol. The Morgan fingerprint density at radius 3 is 2.72 bits per heavy atom. The van der Waals surface area contributed by atoms with E-state index >= 15 is 0 Å². The summed E-state index contributed by atoms with van der Waals surface area (Å²) in [6.45, 7) is 1.45. The van der Waals surface area contributed by atoms with Crippen LogP contribution in [0.4, 0.5) is 0 Å². The number of carboxylic acid groups (broad SMARTS) is 1. The summed E-state index contributed by atoms with van der Waals surface area (Å²) in [5.41, 5.74) is 1.49. The van der Waals surface area contributed by atoms with Crippen LogP contribution >= 0.6 is 31.9 Å². The number of benzene rings is 3. The molecule has 0 amide bonds. The Morgan fingerprint density at radius 1 is 1.14 bits per heavy atom. The molecule has 0 spiro atoms. The zero-order chi connectivity index (χ0) is 25.4. The van der Waals surface area contributed by atoms with Crippen molar-refractivity contribution in [1.82, 2.24) is 9.66 Å². The summed E-state index contributed by atoms with van der Waals surface area (Å²) in [4.78, 5) is 29.1. The quantitative estimate of drug-likeness (QED) is 0.234. The lowest BCUT2D eigenvalue weighted by Gasteiger charge is -2.12. The molecule has 36 heavy (non-hydrogen) atoms. The Labute approximate surface area is 221 Å². The number of carboxylic acids is 1. The van der Waals surface area contributed by atoms with Gasteiger partial charge in [0.1, 0.15) is 11.3 Å². The van der Waals surface area contributed by atoms with Crippen molar-refractivity contribution in [1.29, 1.82) is 0 Å². The van der Waals surface area contributed by atoms with Crippen LogP contribution in [0.2, 0.25) is 0 Å². The largest absolute Gasteiger partial charge is 0.479 e. The Morgan fingerprint density at radius 2 is 1.94 bits per heavy atom. The Kier molecular flexibility index (Phi) is 6.46. The predicted octanol–water partition coefficient (Wildman–Crippen LogP) is 6.07. The molecule has 0 aliphatic carbocycles. The summed E-state index contributed by atoms with van der Waals surface area (Å²) < 4.78 is 14.1. The van der Waals surface area contributed by atoms with Crippen LogP contribution in [0.25, 0.3) is 33.5 Å². The molecule has 0 aliphatic rings. The van der Waals surface area contributed by atoms with Gasteiger partial charge >= 0.3 is 5.97 Å². The van der Waals surface area contributed by atoms with Crippen molar-refractivity contribution in [3.05, 3.63) is 91.6 Å². The topological polar surface area (TPSA) is 107 Å². The Bertz CT molecular complexity index is 1720. The lowest BCUT2D eigenvalue weighted by atomic mass is 10.2. The van der Waals surface area contributed by atoms with E-state index in [0.717, 1.165) is 9.86 Å². The van der Waals surface area contributed by atoms with Gasteiger partial charge in [-0.25, -0.2) is 9.78 Å². The van der Waals surface area contributed by atoms with E-state index in [1.54, 1.807) is 36.4 Å². The predicted molar refractivity (Wildman–Crippen MR) is 144 cm³/mol. The van der Waals surface area contributed by atoms with Crippen molar-refractivity contribution in [2.75, 3.05) is 0 Å². The average Bonchev–Trinajstić information content (AvgIpc) is 3.28. The molecule has 0 unspecified atom stereocenters. The fourth-order valence-electron chi connectivity index (χ4n) is 3.57. The summed E-state index contributed by atoms with van der Waals surface area (Å²) in [7, 11) is 0. The molecule has 8 nitrogen and oxygen atoms in total. The van der Waals surface area contributed by atoms with Crippen molar-refractivity contribution in [3.8, 4) is 17.3 Å². The third-order valence-corrected chi connectivity index (χ3v) is 6.50. The SMILES string of the molecule is C[C@@H](Oc1ccc(C=Nn2c(-c3cc4cc(Br)ccc4o3)nc3ccccc3c2=O)cc1Br)C(=O)O. The van der Waals surface area contributed by atoms with Crippen LogP contribution in [0.5, 0.6) is 5.75 Å². The molecule has 2 heterocycles. The van der Waals surface area contributed by atoms with Crippen molar-refractivity contribution in [3.63, 3.8) is 0 Å². The highest BCUT2D eigenvalue weighted by Gasteiger charge is 2.17. The maximum absolute atomic E-state index is 13.4. The first-order chi connectivity index (χ1) is 17.3. The molecule has 1 atom stereocenters. The number of carbonyl (C=O) groups is 1. The lowest BCUT2D eigenvalue weighted by Crippen LogP contribution is -2.23. The summed E-state index contributed by atoms with van der Waals surface area (Å²) >= 11 is 6.86. The normalized spacial score (nSPS) is 12.4. The minimum absolute atomic E-state index is 0.261. The molecule has 3 aromatic carbocycles. The zero-order valence-electron chi connectivity index (χ0n) is 18.7. The van der Waals surface area contributed by atoms with E-state index < -0.39 is 12.1 Å². The van der Waals surface area contributed by atoms with Crippen molar-refractivity contribution in [2.24, 2.45) is 5.10 Å². The van der Waals surface area contributed by atoms with Crippen LogP contribution in [-0.2, 0) is 4.79 Å². The molecule has 180 valence electrons. The Hall–Kier alpha value is -3.76. The number of fused-ring (bicyclic) bond motifs is 2. The van der Waals surface area contributed by atoms with Crippen LogP contribution in [0.15, 0.2) is 90.0 Å². The van der Waals surface area contributed by atoms with Gasteiger partial charge in [-0.3, -0.25) is 4.79 Å². The monoisotopic (exact) mass is 609 g/mol. The number of aromatic nitrogens is 2. The third kappa shape index (κ3) is 4.69. The molecule has 10 heteroatoms. The molecule has 1 N–H and O–H groups in total. The standard InChI is InChI=1S/C26H17Br2N3O5/c1-14(26(33)34)35-22-8-6-15(10-19(22)28)13-29-31-24(30-20-5-3-2-4-18(20)25(31)32)23-12-16-11-17(27)7-9-21(16)36-23/h2-14H,1H3,(H,33,34)/t14-/m1/s1. The number of ether oxygens (including phenoxy) is 1. The van der Waals surface area contributed by atoms with Crippen LogP contribution in [0.3, 0.4) is 0 Å². The van der Waals surface area contributed by atoms with Crippen LogP contribution in [-0.4, -0.2) is 33.1 Å². The second-order valence-corrected chi connectivity index (χ2v) is 9.67. The van der Waals surface area contributed by atoms with Crippen molar-refractivity contribution >= 4 is 65.9 Å². The van der Waals surface area contributed by atoms with Crippen molar-refractivity contribution in [2.45, 2.75) is 13.0 Å². The number of para-hydroxylation sites is 1. The van der Waals surface area contributed by atoms with E-state index in [0.29, 0.717) is 38.0 Å². The van der Waals surface area contributed by atoms with E-state index in [-0.39, 0.29) is 11.4 Å². The van der Waals surface area contributed by atoms with Gasteiger partial charge in [-0.1, -0.05) is 28.1 Å². The number of hydrogen-bond donors (Lipinski definition) is 1. The van der Waals surface area contributed by atoms with Gasteiger partial charge in [0.2, 0.25) is 5.82 Å². The minimum Gasteiger partial charge on any atom is -0.479 e. The lowest BCUT2D eigenvalue weighted by molar-refractivity contribution is -0.144. The smallest absolute Gasteiger partial charge is 0.344 e. The molecule has 5 rings (SSSR count). The van der Waals surface area contributed by atoms with Crippen LogP contribution in [0, 0.1) is 0 Å². The molecule has 0 bridgehead atoms. The van der Waals surface area contributed by atoms with Gasteiger partial charge in [-0.15, -0.1) is 0 Å². The molecule has 0 fully saturated rings. The molecule has 0 radical (unpaired) electrons. The van der Waals surface area contributed by atoms with Gasteiger partial charge in [0.25, 0.3) is 5.56 Å². The first kappa shape index (κ1) is 24.0. The van der Waals surface area contributed by atoms with Gasteiger partial charge in [0, 0.05) is 9.86 Å². The Balaban J connectivity index is 1.59. The maximum atomic E-state index is 13.4. The van der Waals surface area contributed by atoms with Crippen molar-refractivity contribution < 1.29 is 19.1 Å². The van der Waals surface area contributed by atoms with Gasteiger partial charge < -0.3 is 14.3 Å². The van der Waals surface area contributed by atoms with E-state index in [1.807, 2.05) is 30.3 Å². The number of aliphatic carboxylic acids is 1. The second kappa shape index (κ2) is 9.71. The van der Waals surface area contributed by atoms with E-state index in [4.69, 9.17) is 14.3 Å². The van der Waals surface area contributed by atoms with Crippen LogP contribution in [0.1, 0.15) is 12.5 Å². The van der Waals surface area contributed by atoms with Gasteiger partial charge in [-0.2, -0.15) is 9.78 Å². The number of rotatable bonds is 6. The number of halogens is 2. The molecule has 0 saturated carbocycles. The summed E-state index contributed by atoms with van der Waals surface area (Å²) in [6.07, 6.45) is 0.505. The number of furan rings is 1. The highest BCUT2D eigenvalue weighted by molar-refractivity contribution is 9.10. The fourth-order valence-corrected chi connectivity index (χ4v) is 4.44. The van der Waals surface area contributed by atoms with Gasteiger partial charge in [0.15, 0.2) is 11.9 Å². The molecule has 0 aliphatic heterocycles. The third-order valence-electron chi connectivity index (χ3n) is 5.38. The van der Waals surface area contributed by atoms with E-state index in [1.165, 1.54) is 17.8 Å².